The van der Waals surface area contributed by atoms with E-state index in [2.05, 4.69) is 6.58 Å². The Morgan fingerprint density at radius 1 is 1.43 bits per heavy atom. The SMILES string of the molecule is C=CCOc1cc(C)cc(C)c1C=O. The van der Waals surface area contributed by atoms with E-state index < -0.39 is 0 Å². The van der Waals surface area contributed by atoms with Crippen LogP contribution in [0.2, 0.25) is 0 Å². The summed E-state index contributed by atoms with van der Waals surface area (Å²) in [4.78, 5) is 10.8. The summed E-state index contributed by atoms with van der Waals surface area (Å²) in [5, 5.41) is 0. The van der Waals surface area contributed by atoms with E-state index in [4.69, 9.17) is 4.74 Å². The van der Waals surface area contributed by atoms with Crippen LogP contribution in [0.15, 0.2) is 24.8 Å². The Labute approximate surface area is 84.2 Å². The van der Waals surface area contributed by atoms with E-state index in [0.29, 0.717) is 17.9 Å². The molecule has 0 heterocycles. The average molecular weight is 190 g/mol. The second-order valence-corrected chi connectivity index (χ2v) is 3.21. The second-order valence-electron chi connectivity index (χ2n) is 3.21. The molecule has 0 radical (unpaired) electrons. The number of hydrogen-bond donors (Lipinski definition) is 0. The number of aryl methyl sites for hydroxylation is 2. The average Bonchev–Trinajstić information content (AvgIpc) is 2.14. The summed E-state index contributed by atoms with van der Waals surface area (Å²) >= 11 is 0. The van der Waals surface area contributed by atoms with Crippen molar-refractivity contribution in [1.29, 1.82) is 0 Å². The molecule has 0 saturated heterocycles. The van der Waals surface area contributed by atoms with Crippen LogP contribution in [0.1, 0.15) is 21.5 Å². The van der Waals surface area contributed by atoms with E-state index in [1.165, 1.54) is 0 Å². The summed E-state index contributed by atoms with van der Waals surface area (Å²) in [6.07, 6.45) is 2.49. The number of hydrogen-bond acceptors (Lipinski definition) is 2. The molecule has 0 unspecified atom stereocenters. The summed E-state index contributed by atoms with van der Waals surface area (Å²) < 4.78 is 5.39. The predicted octanol–water partition coefficient (Wildman–Crippen LogP) is 2.68. The molecule has 0 bridgehead atoms. The highest BCUT2D eigenvalue weighted by molar-refractivity contribution is 5.81. The van der Waals surface area contributed by atoms with Crippen molar-refractivity contribution < 1.29 is 9.53 Å². The topological polar surface area (TPSA) is 26.3 Å². The fourth-order valence-corrected chi connectivity index (χ4v) is 1.36. The van der Waals surface area contributed by atoms with Gasteiger partial charge in [-0.15, -0.1) is 0 Å². The molecule has 0 amide bonds. The van der Waals surface area contributed by atoms with Crippen molar-refractivity contribution in [3.8, 4) is 5.75 Å². The maximum Gasteiger partial charge on any atom is 0.154 e. The van der Waals surface area contributed by atoms with Crippen LogP contribution in [0.4, 0.5) is 0 Å². The third-order valence-corrected chi connectivity index (χ3v) is 1.97. The third-order valence-electron chi connectivity index (χ3n) is 1.97. The van der Waals surface area contributed by atoms with Crippen LogP contribution >= 0.6 is 0 Å². The Morgan fingerprint density at radius 3 is 2.71 bits per heavy atom. The van der Waals surface area contributed by atoms with Gasteiger partial charge >= 0.3 is 0 Å². The first-order chi connectivity index (χ1) is 6.69. The molecular formula is C12H14O2. The van der Waals surface area contributed by atoms with Crippen LogP contribution in [-0.4, -0.2) is 12.9 Å². The van der Waals surface area contributed by atoms with Crippen LogP contribution in [0.3, 0.4) is 0 Å². The molecule has 1 rings (SSSR count). The molecule has 14 heavy (non-hydrogen) atoms. The summed E-state index contributed by atoms with van der Waals surface area (Å²) in [6, 6.07) is 3.82. The molecule has 0 fully saturated rings. The first-order valence-corrected chi connectivity index (χ1v) is 4.49. The Balaban J connectivity index is 3.10. The molecule has 0 aliphatic rings. The lowest BCUT2D eigenvalue weighted by Gasteiger charge is -2.09. The van der Waals surface area contributed by atoms with E-state index in [0.717, 1.165) is 17.4 Å². The largest absolute Gasteiger partial charge is 0.489 e. The molecule has 0 spiro atoms. The highest BCUT2D eigenvalue weighted by Crippen LogP contribution is 2.22. The summed E-state index contributed by atoms with van der Waals surface area (Å²) in [5.41, 5.74) is 2.66. The Morgan fingerprint density at radius 2 is 2.14 bits per heavy atom. The highest BCUT2D eigenvalue weighted by Gasteiger charge is 2.06. The van der Waals surface area contributed by atoms with E-state index in [-0.39, 0.29) is 0 Å². The molecule has 0 aliphatic carbocycles. The maximum absolute atomic E-state index is 10.8. The van der Waals surface area contributed by atoms with Gasteiger partial charge in [0.2, 0.25) is 0 Å². The Bertz CT molecular complexity index is 354. The zero-order chi connectivity index (χ0) is 10.6. The molecule has 0 atom stereocenters. The van der Waals surface area contributed by atoms with Crippen LogP contribution in [0.25, 0.3) is 0 Å². The van der Waals surface area contributed by atoms with Gasteiger partial charge in [0.25, 0.3) is 0 Å². The second kappa shape index (κ2) is 4.61. The van der Waals surface area contributed by atoms with Crippen LogP contribution in [-0.2, 0) is 0 Å². The van der Waals surface area contributed by atoms with Gasteiger partial charge in [0, 0.05) is 0 Å². The van der Waals surface area contributed by atoms with Crippen LogP contribution in [0.5, 0.6) is 5.75 Å². The number of ether oxygens (including phenoxy) is 1. The lowest BCUT2D eigenvalue weighted by atomic mass is 10.1. The number of carbonyl (C=O) groups excluding carboxylic acids is 1. The van der Waals surface area contributed by atoms with Crippen molar-refractivity contribution >= 4 is 6.29 Å². The van der Waals surface area contributed by atoms with Gasteiger partial charge in [-0.3, -0.25) is 4.79 Å². The van der Waals surface area contributed by atoms with Gasteiger partial charge in [0.15, 0.2) is 6.29 Å². The normalized spacial score (nSPS) is 9.57. The van der Waals surface area contributed by atoms with E-state index in [1.807, 2.05) is 26.0 Å². The number of rotatable bonds is 4. The molecule has 2 nitrogen and oxygen atoms in total. The zero-order valence-electron chi connectivity index (χ0n) is 8.54. The van der Waals surface area contributed by atoms with E-state index in [9.17, 15) is 4.79 Å². The van der Waals surface area contributed by atoms with Gasteiger partial charge < -0.3 is 4.74 Å². The Kier molecular flexibility index (Phi) is 3.46. The van der Waals surface area contributed by atoms with Gasteiger partial charge in [-0.2, -0.15) is 0 Å². The van der Waals surface area contributed by atoms with Crippen molar-refractivity contribution in [2.75, 3.05) is 6.61 Å². The lowest BCUT2D eigenvalue weighted by molar-refractivity contribution is 0.111. The number of carbonyl (C=O) groups is 1. The monoisotopic (exact) mass is 190 g/mol. The van der Waals surface area contributed by atoms with Gasteiger partial charge in [0.1, 0.15) is 12.4 Å². The standard InChI is InChI=1S/C12H14O2/c1-4-5-14-12-7-9(2)6-10(3)11(12)8-13/h4,6-8H,1,5H2,2-3H3. The molecule has 0 N–H and O–H groups in total. The highest BCUT2D eigenvalue weighted by atomic mass is 16.5. The van der Waals surface area contributed by atoms with E-state index in [1.54, 1.807) is 6.08 Å². The third kappa shape index (κ3) is 2.22. The zero-order valence-corrected chi connectivity index (χ0v) is 8.54. The lowest BCUT2D eigenvalue weighted by Crippen LogP contribution is -1.99. The molecule has 2 heteroatoms. The fourth-order valence-electron chi connectivity index (χ4n) is 1.36. The number of aldehydes is 1. The van der Waals surface area contributed by atoms with Crippen molar-refractivity contribution in [1.82, 2.24) is 0 Å². The minimum Gasteiger partial charge on any atom is -0.489 e. The summed E-state index contributed by atoms with van der Waals surface area (Å²) in [7, 11) is 0. The molecule has 1 aromatic carbocycles. The van der Waals surface area contributed by atoms with Crippen molar-refractivity contribution in [2.24, 2.45) is 0 Å². The quantitative estimate of drug-likeness (QED) is 0.539. The van der Waals surface area contributed by atoms with Crippen LogP contribution < -0.4 is 4.74 Å². The minimum atomic E-state index is 0.420. The van der Waals surface area contributed by atoms with Gasteiger partial charge in [0.05, 0.1) is 5.56 Å². The van der Waals surface area contributed by atoms with Crippen molar-refractivity contribution in [2.45, 2.75) is 13.8 Å². The molecule has 0 aromatic heterocycles. The fraction of sp³-hybridized carbons (Fsp3) is 0.250. The van der Waals surface area contributed by atoms with E-state index >= 15 is 0 Å². The summed E-state index contributed by atoms with van der Waals surface area (Å²) in [6.45, 7) is 7.86. The minimum absolute atomic E-state index is 0.420. The molecule has 0 saturated carbocycles. The van der Waals surface area contributed by atoms with Gasteiger partial charge in [-0.05, 0) is 31.0 Å². The molecule has 1 aromatic rings. The van der Waals surface area contributed by atoms with Gasteiger partial charge in [-0.1, -0.05) is 18.7 Å². The Hall–Kier alpha value is -1.57. The van der Waals surface area contributed by atoms with Crippen LogP contribution in [0, 0.1) is 13.8 Å². The molecule has 0 aliphatic heterocycles. The predicted molar refractivity (Wildman–Crippen MR) is 57.0 cm³/mol. The first kappa shape index (κ1) is 10.5. The smallest absolute Gasteiger partial charge is 0.154 e. The van der Waals surface area contributed by atoms with Crippen molar-refractivity contribution in [3.63, 3.8) is 0 Å². The molecule has 74 valence electrons. The maximum atomic E-state index is 10.8. The molecular weight excluding hydrogens is 176 g/mol. The summed E-state index contributed by atoms with van der Waals surface area (Å²) in [5.74, 6) is 0.636. The first-order valence-electron chi connectivity index (χ1n) is 4.49. The van der Waals surface area contributed by atoms with Crippen molar-refractivity contribution in [3.05, 3.63) is 41.5 Å². The van der Waals surface area contributed by atoms with Gasteiger partial charge in [-0.25, -0.2) is 0 Å². The number of benzene rings is 1.